The Kier molecular flexibility index (Phi) is 2.75. The van der Waals surface area contributed by atoms with E-state index in [1.807, 2.05) is 0 Å². The molecule has 0 aliphatic heterocycles. The highest BCUT2D eigenvalue weighted by Gasteiger charge is 2.22. The molecular weight excluding hydrogens is 295 g/mol. The van der Waals surface area contributed by atoms with Crippen LogP contribution in [-0.4, -0.2) is 9.97 Å². The van der Waals surface area contributed by atoms with E-state index in [0.29, 0.717) is 16.5 Å². The fourth-order valence-corrected chi connectivity index (χ4v) is 4.32. The van der Waals surface area contributed by atoms with Crippen molar-refractivity contribution in [1.82, 2.24) is 9.97 Å². The predicted octanol–water partition coefficient (Wildman–Crippen LogP) is 4.64. The Labute approximate surface area is 124 Å². The molecule has 5 heteroatoms. The van der Waals surface area contributed by atoms with Crippen molar-refractivity contribution >= 4 is 33.2 Å². The van der Waals surface area contributed by atoms with Crippen molar-refractivity contribution in [1.29, 1.82) is 0 Å². The SMILES string of the molecule is Fc1ccccc1-c1nc(Cl)c2c3c(sc2n1)CCC3. The molecule has 2 nitrogen and oxygen atoms in total. The number of aryl methyl sites for hydroxylation is 2. The van der Waals surface area contributed by atoms with Crippen LogP contribution in [0.2, 0.25) is 5.15 Å². The van der Waals surface area contributed by atoms with Gasteiger partial charge in [0.15, 0.2) is 5.82 Å². The van der Waals surface area contributed by atoms with Gasteiger partial charge >= 0.3 is 0 Å². The van der Waals surface area contributed by atoms with E-state index < -0.39 is 0 Å². The average Bonchev–Trinajstić information content (AvgIpc) is 2.98. The Hall–Kier alpha value is -1.52. The second-order valence-corrected chi connectivity index (χ2v) is 6.30. The number of halogens is 2. The molecule has 4 rings (SSSR count). The van der Waals surface area contributed by atoms with Crippen LogP contribution in [0.4, 0.5) is 4.39 Å². The van der Waals surface area contributed by atoms with Crippen molar-refractivity contribution in [3.05, 3.63) is 45.7 Å². The Balaban J connectivity index is 1.98. The van der Waals surface area contributed by atoms with E-state index in [-0.39, 0.29) is 5.82 Å². The highest BCUT2D eigenvalue weighted by Crippen LogP contribution is 2.40. The van der Waals surface area contributed by atoms with Gasteiger partial charge in [0, 0.05) is 4.88 Å². The molecule has 2 aromatic heterocycles. The molecule has 0 atom stereocenters. The van der Waals surface area contributed by atoms with Gasteiger partial charge in [-0.2, -0.15) is 0 Å². The number of hydrogen-bond acceptors (Lipinski definition) is 3. The monoisotopic (exact) mass is 304 g/mol. The Bertz CT molecular complexity index is 828. The molecule has 1 aliphatic carbocycles. The molecule has 0 saturated heterocycles. The first kappa shape index (κ1) is 12.2. The highest BCUT2D eigenvalue weighted by molar-refractivity contribution is 7.19. The molecule has 0 bridgehead atoms. The molecule has 1 aliphatic rings. The summed E-state index contributed by atoms with van der Waals surface area (Å²) in [7, 11) is 0. The number of fused-ring (bicyclic) bond motifs is 3. The van der Waals surface area contributed by atoms with Gasteiger partial charge in [-0.05, 0) is 37.0 Å². The molecule has 100 valence electrons. The second-order valence-electron chi connectivity index (χ2n) is 4.86. The average molecular weight is 305 g/mol. The largest absolute Gasteiger partial charge is 0.217 e. The van der Waals surface area contributed by atoms with Crippen molar-refractivity contribution in [2.75, 3.05) is 0 Å². The third-order valence-electron chi connectivity index (χ3n) is 3.64. The topological polar surface area (TPSA) is 25.8 Å². The fraction of sp³-hybridized carbons (Fsp3) is 0.200. The lowest BCUT2D eigenvalue weighted by Crippen LogP contribution is -1.93. The van der Waals surface area contributed by atoms with Crippen LogP contribution in [-0.2, 0) is 12.8 Å². The van der Waals surface area contributed by atoms with Crippen LogP contribution >= 0.6 is 22.9 Å². The van der Waals surface area contributed by atoms with Gasteiger partial charge in [0.05, 0.1) is 10.9 Å². The van der Waals surface area contributed by atoms with E-state index in [0.717, 1.165) is 23.1 Å². The van der Waals surface area contributed by atoms with E-state index in [1.54, 1.807) is 29.5 Å². The summed E-state index contributed by atoms with van der Waals surface area (Å²) < 4.78 is 13.8. The molecule has 0 unspecified atom stereocenters. The van der Waals surface area contributed by atoms with Crippen molar-refractivity contribution < 1.29 is 4.39 Å². The van der Waals surface area contributed by atoms with Gasteiger partial charge in [-0.1, -0.05) is 23.7 Å². The summed E-state index contributed by atoms with van der Waals surface area (Å²) in [5, 5.41) is 1.40. The summed E-state index contributed by atoms with van der Waals surface area (Å²) in [6.07, 6.45) is 3.29. The summed E-state index contributed by atoms with van der Waals surface area (Å²) in [5.74, 6) is 0.0348. The summed E-state index contributed by atoms with van der Waals surface area (Å²) in [6.45, 7) is 0. The summed E-state index contributed by atoms with van der Waals surface area (Å²) in [6, 6.07) is 6.51. The standard InChI is InChI=1S/C15H10ClFN2S/c16-13-12-9-5-3-7-11(9)20-15(12)19-14(18-13)8-4-1-2-6-10(8)17/h1-2,4,6H,3,5,7H2. The van der Waals surface area contributed by atoms with Crippen molar-refractivity contribution in [2.24, 2.45) is 0 Å². The zero-order valence-electron chi connectivity index (χ0n) is 10.5. The molecule has 1 aromatic carbocycles. The Morgan fingerprint density at radius 1 is 1.15 bits per heavy atom. The zero-order chi connectivity index (χ0) is 13.7. The van der Waals surface area contributed by atoms with Gasteiger partial charge in [0.1, 0.15) is 15.8 Å². The summed E-state index contributed by atoms with van der Waals surface area (Å²) in [4.78, 5) is 11.0. The van der Waals surface area contributed by atoms with E-state index in [1.165, 1.54) is 22.9 Å². The van der Waals surface area contributed by atoms with E-state index in [9.17, 15) is 4.39 Å². The minimum Gasteiger partial charge on any atom is -0.217 e. The van der Waals surface area contributed by atoms with Gasteiger partial charge in [0.2, 0.25) is 0 Å². The maximum Gasteiger partial charge on any atom is 0.165 e. The van der Waals surface area contributed by atoms with Crippen LogP contribution in [0.3, 0.4) is 0 Å². The molecular formula is C15H10ClFN2S. The minimum absolute atomic E-state index is 0.327. The molecule has 0 radical (unpaired) electrons. The van der Waals surface area contributed by atoms with E-state index in [4.69, 9.17) is 11.6 Å². The van der Waals surface area contributed by atoms with E-state index in [2.05, 4.69) is 9.97 Å². The lowest BCUT2D eigenvalue weighted by molar-refractivity contribution is 0.630. The van der Waals surface area contributed by atoms with Crippen LogP contribution < -0.4 is 0 Å². The van der Waals surface area contributed by atoms with Gasteiger partial charge in [-0.25, -0.2) is 14.4 Å². The lowest BCUT2D eigenvalue weighted by Gasteiger charge is -2.04. The van der Waals surface area contributed by atoms with Crippen molar-refractivity contribution in [2.45, 2.75) is 19.3 Å². The van der Waals surface area contributed by atoms with Gasteiger partial charge in [-0.15, -0.1) is 11.3 Å². The smallest absolute Gasteiger partial charge is 0.165 e. The molecule has 2 heterocycles. The normalized spacial score (nSPS) is 13.9. The predicted molar refractivity (Wildman–Crippen MR) is 79.8 cm³/mol. The van der Waals surface area contributed by atoms with Crippen LogP contribution in [0.15, 0.2) is 24.3 Å². The van der Waals surface area contributed by atoms with E-state index >= 15 is 0 Å². The zero-order valence-corrected chi connectivity index (χ0v) is 12.1. The Morgan fingerprint density at radius 3 is 2.85 bits per heavy atom. The van der Waals surface area contributed by atoms with Gasteiger partial charge in [-0.3, -0.25) is 0 Å². The number of thiophene rings is 1. The minimum atomic E-state index is -0.327. The maximum atomic E-state index is 13.8. The molecule has 3 aromatic rings. The molecule has 0 amide bonds. The second kappa shape index (κ2) is 4.50. The van der Waals surface area contributed by atoms with Crippen LogP contribution in [0.1, 0.15) is 16.9 Å². The first-order valence-electron chi connectivity index (χ1n) is 6.47. The number of nitrogens with zero attached hydrogens (tertiary/aromatic N) is 2. The number of benzene rings is 1. The number of hydrogen-bond donors (Lipinski definition) is 0. The third kappa shape index (κ3) is 1.75. The molecule has 0 fully saturated rings. The molecule has 0 spiro atoms. The number of rotatable bonds is 1. The fourth-order valence-electron chi connectivity index (χ4n) is 2.71. The van der Waals surface area contributed by atoms with Gasteiger partial charge < -0.3 is 0 Å². The lowest BCUT2D eigenvalue weighted by atomic mass is 10.2. The quantitative estimate of drug-likeness (QED) is 0.612. The maximum absolute atomic E-state index is 13.8. The van der Waals surface area contributed by atoms with Crippen molar-refractivity contribution in [3.63, 3.8) is 0 Å². The van der Waals surface area contributed by atoms with Gasteiger partial charge in [0.25, 0.3) is 0 Å². The van der Waals surface area contributed by atoms with Crippen LogP contribution in [0.5, 0.6) is 0 Å². The highest BCUT2D eigenvalue weighted by atomic mass is 35.5. The number of aromatic nitrogens is 2. The van der Waals surface area contributed by atoms with Crippen LogP contribution in [0.25, 0.3) is 21.6 Å². The summed E-state index contributed by atoms with van der Waals surface area (Å²) in [5.41, 5.74) is 1.68. The third-order valence-corrected chi connectivity index (χ3v) is 5.09. The molecule has 20 heavy (non-hydrogen) atoms. The first-order valence-corrected chi connectivity index (χ1v) is 7.66. The Morgan fingerprint density at radius 2 is 2.00 bits per heavy atom. The van der Waals surface area contributed by atoms with Crippen LogP contribution in [0, 0.1) is 5.82 Å². The van der Waals surface area contributed by atoms with Crippen molar-refractivity contribution in [3.8, 4) is 11.4 Å². The first-order chi connectivity index (χ1) is 9.74. The molecule has 0 N–H and O–H groups in total. The molecule has 0 saturated carbocycles. The summed E-state index contributed by atoms with van der Waals surface area (Å²) >= 11 is 7.98.